The third-order valence-electron chi connectivity index (χ3n) is 5.18. The zero-order valence-electron chi connectivity index (χ0n) is 15.3. The highest BCUT2D eigenvalue weighted by Gasteiger charge is 2.24. The predicted octanol–water partition coefficient (Wildman–Crippen LogP) is 4.45. The summed E-state index contributed by atoms with van der Waals surface area (Å²) in [5, 5.41) is 14.6. The molecule has 0 heterocycles. The van der Waals surface area contributed by atoms with Gasteiger partial charge in [0.05, 0.1) is 7.11 Å². The molecular formula is C22H24N2O2. The van der Waals surface area contributed by atoms with Crippen LogP contribution in [0.1, 0.15) is 38.2 Å². The van der Waals surface area contributed by atoms with Gasteiger partial charge in [-0.2, -0.15) is 5.26 Å². The molecule has 0 spiro atoms. The maximum atomic E-state index is 12.5. The van der Waals surface area contributed by atoms with Crippen LogP contribution in [0.2, 0.25) is 0 Å². The van der Waals surface area contributed by atoms with Gasteiger partial charge >= 0.3 is 0 Å². The number of hydrogen-bond acceptors (Lipinski definition) is 3. The SMILES string of the molecule is COc1ccc2cc(/C=C(\C#N)C(=O)NC3CCCCC3C)ccc2c1. The number of nitriles is 1. The monoisotopic (exact) mass is 348 g/mol. The number of methoxy groups -OCH3 is 1. The largest absolute Gasteiger partial charge is 0.497 e. The van der Waals surface area contributed by atoms with Crippen LogP contribution in [0.3, 0.4) is 0 Å². The van der Waals surface area contributed by atoms with E-state index in [0.717, 1.165) is 41.3 Å². The van der Waals surface area contributed by atoms with Crippen molar-refractivity contribution in [1.29, 1.82) is 5.26 Å². The normalized spacial score (nSPS) is 20.4. The second kappa shape index (κ2) is 8.05. The van der Waals surface area contributed by atoms with E-state index >= 15 is 0 Å². The molecule has 0 aliphatic heterocycles. The van der Waals surface area contributed by atoms with E-state index in [1.807, 2.05) is 36.4 Å². The van der Waals surface area contributed by atoms with E-state index in [9.17, 15) is 10.1 Å². The molecule has 4 nitrogen and oxygen atoms in total. The van der Waals surface area contributed by atoms with Crippen LogP contribution in [0.4, 0.5) is 0 Å². The van der Waals surface area contributed by atoms with Crippen LogP contribution in [0.25, 0.3) is 16.8 Å². The molecule has 1 fully saturated rings. The molecule has 1 amide bonds. The minimum Gasteiger partial charge on any atom is -0.497 e. The fourth-order valence-electron chi connectivity index (χ4n) is 3.55. The number of hydrogen-bond donors (Lipinski definition) is 1. The molecule has 26 heavy (non-hydrogen) atoms. The third kappa shape index (κ3) is 4.05. The Hall–Kier alpha value is -2.80. The molecule has 1 saturated carbocycles. The van der Waals surface area contributed by atoms with Crippen molar-refractivity contribution < 1.29 is 9.53 Å². The van der Waals surface area contributed by atoms with Crippen molar-refractivity contribution in [3.63, 3.8) is 0 Å². The highest BCUT2D eigenvalue weighted by Crippen LogP contribution is 2.25. The van der Waals surface area contributed by atoms with Gasteiger partial charge in [-0.1, -0.05) is 38.0 Å². The number of amides is 1. The van der Waals surface area contributed by atoms with Crippen LogP contribution in [0.5, 0.6) is 5.75 Å². The van der Waals surface area contributed by atoms with Crippen LogP contribution in [-0.4, -0.2) is 19.1 Å². The highest BCUT2D eigenvalue weighted by atomic mass is 16.5. The van der Waals surface area contributed by atoms with Crippen LogP contribution in [0.15, 0.2) is 42.0 Å². The fraction of sp³-hybridized carbons (Fsp3) is 0.364. The molecule has 2 aromatic rings. The molecule has 4 heteroatoms. The zero-order valence-corrected chi connectivity index (χ0v) is 15.3. The molecule has 2 atom stereocenters. The van der Waals surface area contributed by atoms with Crippen molar-refractivity contribution in [1.82, 2.24) is 5.32 Å². The van der Waals surface area contributed by atoms with E-state index in [4.69, 9.17) is 4.74 Å². The lowest BCUT2D eigenvalue weighted by Gasteiger charge is -2.29. The Bertz CT molecular complexity index is 879. The minimum atomic E-state index is -0.277. The van der Waals surface area contributed by atoms with Gasteiger partial charge in [0.15, 0.2) is 0 Å². The van der Waals surface area contributed by atoms with Gasteiger partial charge in [0.25, 0.3) is 5.91 Å². The molecule has 1 aliphatic rings. The molecule has 1 N–H and O–H groups in total. The average Bonchev–Trinajstić information content (AvgIpc) is 2.67. The summed E-state index contributed by atoms with van der Waals surface area (Å²) in [6.45, 7) is 2.16. The Morgan fingerprint density at radius 3 is 2.65 bits per heavy atom. The molecule has 1 aliphatic carbocycles. The molecule has 2 aromatic carbocycles. The smallest absolute Gasteiger partial charge is 0.262 e. The fourth-order valence-corrected chi connectivity index (χ4v) is 3.55. The number of benzene rings is 2. The Morgan fingerprint density at radius 2 is 1.92 bits per heavy atom. The summed E-state index contributed by atoms with van der Waals surface area (Å²) in [4.78, 5) is 12.5. The van der Waals surface area contributed by atoms with Crippen molar-refractivity contribution in [2.45, 2.75) is 38.6 Å². The highest BCUT2D eigenvalue weighted by molar-refractivity contribution is 6.02. The lowest BCUT2D eigenvalue weighted by molar-refractivity contribution is -0.118. The van der Waals surface area contributed by atoms with Gasteiger partial charge in [0.1, 0.15) is 17.4 Å². The Morgan fingerprint density at radius 1 is 1.19 bits per heavy atom. The van der Waals surface area contributed by atoms with E-state index in [-0.39, 0.29) is 17.5 Å². The molecule has 0 bridgehead atoms. The van der Waals surface area contributed by atoms with E-state index in [2.05, 4.69) is 18.3 Å². The van der Waals surface area contributed by atoms with Gasteiger partial charge in [-0.3, -0.25) is 4.79 Å². The lowest BCUT2D eigenvalue weighted by atomic mass is 9.86. The first-order chi connectivity index (χ1) is 12.6. The van der Waals surface area contributed by atoms with Crippen LogP contribution in [0, 0.1) is 17.2 Å². The number of nitrogens with one attached hydrogen (secondary N) is 1. The Balaban J connectivity index is 1.80. The summed E-state index contributed by atoms with van der Waals surface area (Å²) >= 11 is 0. The number of fused-ring (bicyclic) bond motifs is 1. The number of carbonyl (C=O) groups excluding carboxylic acids is 1. The van der Waals surface area contributed by atoms with Crippen LogP contribution < -0.4 is 10.1 Å². The van der Waals surface area contributed by atoms with Crippen molar-refractivity contribution in [2.24, 2.45) is 5.92 Å². The number of carbonyl (C=O) groups is 1. The quantitative estimate of drug-likeness (QED) is 0.656. The molecule has 2 unspecified atom stereocenters. The summed E-state index contributed by atoms with van der Waals surface area (Å²) in [5.41, 5.74) is 0.988. The first-order valence-electron chi connectivity index (χ1n) is 9.11. The van der Waals surface area contributed by atoms with Crippen LogP contribution in [-0.2, 0) is 4.79 Å². The first-order valence-corrected chi connectivity index (χ1v) is 9.11. The molecule has 3 rings (SSSR count). The van der Waals surface area contributed by atoms with E-state index in [1.165, 1.54) is 6.42 Å². The van der Waals surface area contributed by atoms with Gasteiger partial charge < -0.3 is 10.1 Å². The Kier molecular flexibility index (Phi) is 5.58. The second-order valence-electron chi connectivity index (χ2n) is 6.98. The first kappa shape index (κ1) is 18.0. The number of nitrogens with zero attached hydrogens (tertiary/aromatic N) is 1. The minimum absolute atomic E-state index is 0.149. The zero-order chi connectivity index (χ0) is 18.5. The molecule has 0 saturated heterocycles. The lowest BCUT2D eigenvalue weighted by Crippen LogP contribution is -2.41. The van der Waals surface area contributed by atoms with Crippen molar-refractivity contribution in [3.05, 3.63) is 47.5 Å². The molecule has 134 valence electrons. The van der Waals surface area contributed by atoms with Crippen molar-refractivity contribution >= 4 is 22.8 Å². The summed E-state index contributed by atoms with van der Waals surface area (Å²) < 4.78 is 5.24. The van der Waals surface area contributed by atoms with E-state index in [1.54, 1.807) is 13.2 Å². The summed E-state index contributed by atoms with van der Waals surface area (Å²) in [7, 11) is 1.64. The van der Waals surface area contributed by atoms with E-state index in [0.29, 0.717) is 5.92 Å². The number of ether oxygens (including phenoxy) is 1. The maximum absolute atomic E-state index is 12.5. The third-order valence-corrected chi connectivity index (χ3v) is 5.18. The standard InChI is InChI=1S/C22H24N2O2/c1-15-5-3-4-6-21(15)24-22(25)19(14-23)12-16-7-8-18-13-20(26-2)10-9-17(18)11-16/h7-13,15,21H,3-6H2,1-2H3,(H,24,25)/b19-12+. The second-order valence-corrected chi connectivity index (χ2v) is 6.98. The van der Waals surface area contributed by atoms with Crippen molar-refractivity contribution in [2.75, 3.05) is 7.11 Å². The van der Waals surface area contributed by atoms with Gasteiger partial charge in [0, 0.05) is 6.04 Å². The van der Waals surface area contributed by atoms with Crippen molar-refractivity contribution in [3.8, 4) is 11.8 Å². The van der Waals surface area contributed by atoms with E-state index < -0.39 is 0 Å². The Labute approximate surface area is 154 Å². The number of rotatable bonds is 4. The van der Waals surface area contributed by atoms with Gasteiger partial charge in [-0.15, -0.1) is 0 Å². The molecule has 0 aromatic heterocycles. The predicted molar refractivity (Wildman–Crippen MR) is 104 cm³/mol. The molecule has 0 radical (unpaired) electrons. The van der Waals surface area contributed by atoms with Crippen LogP contribution >= 0.6 is 0 Å². The summed E-state index contributed by atoms with van der Waals surface area (Å²) in [6, 6.07) is 13.9. The van der Waals surface area contributed by atoms with Gasteiger partial charge in [-0.25, -0.2) is 0 Å². The summed E-state index contributed by atoms with van der Waals surface area (Å²) in [5.74, 6) is 0.990. The topological polar surface area (TPSA) is 62.1 Å². The average molecular weight is 348 g/mol. The summed E-state index contributed by atoms with van der Waals surface area (Å²) in [6.07, 6.45) is 6.13. The molecular weight excluding hydrogens is 324 g/mol. The van der Waals surface area contributed by atoms with Gasteiger partial charge in [0.2, 0.25) is 0 Å². The van der Waals surface area contributed by atoms with Gasteiger partial charge in [-0.05, 0) is 59.4 Å². The maximum Gasteiger partial charge on any atom is 0.262 e.